The number of nitrogens with zero attached hydrogens (tertiary/aromatic N) is 2. The second kappa shape index (κ2) is 8.99. The molecule has 1 heterocycles. The maximum atomic E-state index is 2.69. The van der Waals surface area contributed by atoms with Gasteiger partial charge in [0.15, 0.2) is 0 Å². The molecule has 0 aromatic heterocycles. The molecule has 1 saturated heterocycles. The van der Waals surface area contributed by atoms with Gasteiger partial charge in [0.2, 0.25) is 0 Å². The predicted octanol–water partition coefficient (Wildman–Crippen LogP) is 6.32. The molecule has 1 aliphatic heterocycles. The molecule has 152 valence electrons. The van der Waals surface area contributed by atoms with E-state index in [1.807, 2.05) is 0 Å². The molecule has 0 radical (unpaired) electrons. The number of hydrogen-bond donors (Lipinski definition) is 0. The van der Waals surface area contributed by atoms with Gasteiger partial charge in [-0.3, -0.25) is 4.90 Å². The predicted molar refractivity (Wildman–Crippen MR) is 119 cm³/mol. The van der Waals surface area contributed by atoms with Crippen LogP contribution in [0.1, 0.15) is 84.6 Å². The van der Waals surface area contributed by atoms with E-state index in [1.165, 1.54) is 70.4 Å². The van der Waals surface area contributed by atoms with Gasteiger partial charge in [-0.25, -0.2) is 0 Å². The first kappa shape index (κ1) is 20.7. The Kier molecular flexibility index (Phi) is 6.89. The summed E-state index contributed by atoms with van der Waals surface area (Å²) in [7, 11) is 0. The summed E-state index contributed by atoms with van der Waals surface area (Å²) in [5.74, 6) is 1.65. The topological polar surface area (TPSA) is 6.48 Å². The molecule has 1 aromatic rings. The second-order valence-electron chi connectivity index (χ2n) is 10.2. The largest absolute Gasteiger partial charge is 0.368 e. The summed E-state index contributed by atoms with van der Waals surface area (Å²) in [5, 5.41) is 0. The normalized spacial score (nSPS) is 27.7. The Bertz CT molecular complexity index is 580. The van der Waals surface area contributed by atoms with Crippen LogP contribution in [0.5, 0.6) is 0 Å². The van der Waals surface area contributed by atoms with Gasteiger partial charge in [0.05, 0.1) is 0 Å². The van der Waals surface area contributed by atoms with Crippen LogP contribution in [0, 0.1) is 11.3 Å². The first-order valence-electron chi connectivity index (χ1n) is 11.5. The van der Waals surface area contributed by atoms with Crippen molar-refractivity contribution in [2.24, 2.45) is 11.3 Å². The van der Waals surface area contributed by atoms with Crippen LogP contribution in [0.25, 0.3) is 0 Å². The van der Waals surface area contributed by atoms with Crippen molar-refractivity contribution in [3.8, 4) is 0 Å². The summed E-state index contributed by atoms with van der Waals surface area (Å²) in [6, 6.07) is 9.98. The molecule has 2 aliphatic rings. The zero-order valence-corrected chi connectivity index (χ0v) is 18.5. The lowest BCUT2D eigenvalue weighted by molar-refractivity contribution is 0.168. The summed E-state index contributed by atoms with van der Waals surface area (Å²) in [6.45, 7) is 16.8. The molecule has 1 atom stereocenters. The number of hydrogen-bond acceptors (Lipinski definition) is 2. The number of para-hydroxylation sites is 1. The quantitative estimate of drug-likeness (QED) is 0.598. The van der Waals surface area contributed by atoms with Crippen molar-refractivity contribution in [1.82, 2.24) is 4.90 Å². The van der Waals surface area contributed by atoms with Crippen LogP contribution >= 0.6 is 0 Å². The molecule has 2 heteroatoms. The number of unbranched alkanes of at least 4 members (excludes halogenated alkanes) is 1. The molecular formula is C25H42N2. The van der Waals surface area contributed by atoms with Crippen molar-refractivity contribution >= 4 is 5.69 Å². The highest BCUT2D eigenvalue weighted by Crippen LogP contribution is 2.45. The summed E-state index contributed by atoms with van der Waals surface area (Å²) < 4.78 is 0. The van der Waals surface area contributed by atoms with Crippen LogP contribution < -0.4 is 4.90 Å². The molecule has 0 N–H and O–H groups in total. The number of benzene rings is 1. The van der Waals surface area contributed by atoms with Gasteiger partial charge in [-0.15, -0.1) is 0 Å². The lowest BCUT2D eigenvalue weighted by Crippen LogP contribution is -2.52. The van der Waals surface area contributed by atoms with Crippen LogP contribution in [0.2, 0.25) is 0 Å². The van der Waals surface area contributed by atoms with Crippen molar-refractivity contribution in [3.05, 3.63) is 29.8 Å². The fourth-order valence-corrected chi connectivity index (χ4v) is 5.30. The fourth-order valence-electron chi connectivity index (χ4n) is 5.30. The molecule has 1 aromatic carbocycles. The zero-order valence-electron chi connectivity index (χ0n) is 18.5. The average molecular weight is 371 g/mol. The highest BCUT2D eigenvalue weighted by molar-refractivity contribution is 5.56. The number of piperazine rings is 1. The Hall–Kier alpha value is -1.02. The van der Waals surface area contributed by atoms with Crippen LogP contribution in [-0.2, 0) is 0 Å². The lowest BCUT2D eigenvalue weighted by atomic mass is 9.68. The molecule has 2 fully saturated rings. The lowest BCUT2D eigenvalue weighted by Gasteiger charge is -2.43. The summed E-state index contributed by atoms with van der Waals surface area (Å²) in [5.41, 5.74) is 3.62. The van der Waals surface area contributed by atoms with Crippen molar-refractivity contribution in [2.45, 2.75) is 85.1 Å². The highest BCUT2D eigenvalue weighted by atomic mass is 15.3. The third kappa shape index (κ3) is 5.08. The molecule has 1 unspecified atom stereocenters. The standard InChI is InChI=1S/C25H42N2/c1-6-7-16-26-17-18-27(19-20(26)2)24-11-9-8-10-23(24)21-12-14-22(15-13-21)25(3,4)5/h8-11,20-22H,6-7,12-19H2,1-5H3. The maximum Gasteiger partial charge on any atom is 0.0402 e. The molecule has 1 aliphatic carbocycles. The molecular weight excluding hydrogens is 328 g/mol. The number of rotatable bonds is 5. The van der Waals surface area contributed by atoms with E-state index in [0.29, 0.717) is 11.5 Å². The van der Waals surface area contributed by atoms with Gasteiger partial charge in [-0.2, -0.15) is 0 Å². The van der Waals surface area contributed by atoms with Gasteiger partial charge in [0.1, 0.15) is 0 Å². The minimum absolute atomic E-state index is 0.467. The minimum Gasteiger partial charge on any atom is -0.368 e. The molecule has 2 nitrogen and oxygen atoms in total. The molecule has 3 rings (SSSR count). The van der Waals surface area contributed by atoms with Gasteiger partial charge in [0.25, 0.3) is 0 Å². The Morgan fingerprint density at radius 1 is 1.00 bits per heavy atom. The van der Waals surface area contributed by atoms with E-state index in [-0.39, 0.29) is 0 Å². The highest BCUT2D eigenvalue weighted by Gasteiger charge is 2.32. The third-order valence-corrected chi connectivity index (χ3v) is 7.23. The Morgan fingerprint density at radius 2 is 1.70 bits per heavy atom. The van der Waals surface area contributed by atoms with Crippen molar-refractivity contribution < 1.29 is 0 Å². The van der Waals surface area contributed by atoms with Gasteiger partial charge in [0, 0.05) is 31.4 Å². The fraction of sp³-hybridized carbons (Fsp3) is 0.760. The summed E-state index contributed by atoms with van der Waals surface area (Å²) in [6.07, 6.45) is 8.15. The van der Waals surface area contributed by atoms with E-state index in [1.54, 1.807) is 5.56 Å². The van der Waals surface area contributed by atoms with Crippen molar-refractivity contribution in [2.75, 3.05) is 31.1 Å². The van der Waals surface area contributed by atoms with Gasteiger partial charge < -0.3 is 4.90 Å². The molecule has 0 bridgehead atoms. The van der Waals surface area contributed by atoms with Gasteiger partial charge in [-0.1, -0.05) is 52.3 Å². The van der Waals surface area contributed by atoms with E-state index in [2.05, 4.69) is 68.7 Å². The van der Waals surface area contributed by atoms with E-state index in [9.17, 15) is 0 Å². The maximum absolute atomic E-state index is 2.69. The summed E-state index contributed by atoms with van der Waals surface area (Å²) >= 11 is 0. The second-order valence-corrected chi connectivity index (χ2v) is 10.2. The van der Waals surface area contributed by atoms with Crippen molar-refractivity contribution in [1.29, 1.82) is 0 Å². The first-order valence-corrected chi connectivity index (χ1v) is 11.5. The SMILES string of the molecule is CCCCN1CCN(c2ccccc2C2CCC(C(C)(C)C)CC2)CC1C. The zero-order chi connectivity index (χ0) is 19.4. The minimum atomic E-state index is 0.467. The van der Waals surface area contributed by atoms with E-state index < -0.39 is 0 Å². The van der Waals surface area contributed by atoms with Crippen LogP contribution in [-0.4, -0.2) is 37.1 Å². The van der Waals surface area contributed by atoms with Crippen molar-refractivity contribution in [3.63, 3.8) is 0 Å². The van der Waals surface area contributed by atoms with Crippen LogP contribution in [0.15, 0.2) is 24.3 Å². The Morgan fingerprint density at radius 3 is 2.33 bits per heavy atom. The van der Waals surface area contributed by atoms with Gasteiger partial charge >= 0.3 is 0 Å². The van der Waals surface area contributed by atoms with E-state index >= 15 is 0 Å². The van der Waals surface area contributed by atoms with E-state index in [4.69, 9.17) is 0 Å². The molecule has 1 saturated carbocycles. The first-order chi connectivity index (χ1) is 12.9. The van der Waals surface area contributed by atoms with E-state index in [0.717, 1.165) is 11.8 Å². The third-order valence-electron chi connectivity index (χ3n) is 7.23. The molecule has 27 heavy (non-hydrogen) atoms. The molecule has 0 spiro atoms. The molecule has 0 amide bonds. The van der Waals surface area contributed by atoms with Gasteiger partial charge in [-0.05, 0) is 74.5 Å². The Labute approximate surface area is 168 Å². The number of anilines is 1. The van der Waals surface area contributed by atoms with Crippen LogP contribution in [0.3, 0.4) is 0 Å². The monoisotopic (exact) mass is 370 g/mol. The smallest absolute Gasteiger partial charge is 0.0402 e. The Balaban J connectivity index is 1.67. The average Bonchev–Trinajstić information content (AvgIpc) is 2.66. The summed E-state index contributed by atoms with van der Waals surface area (Å²) in [4.78, 5) is 5.37. The van der Waals surface area contributed by atoms with Crippen LogP contribution in [0.4, 0.5) is 5.69 Å².